The zero-order valence-electron chi connectivity index (χ0n) is 7.80. The Morgan fingerprint density at radius 3 is 2.79 bits per heavy atom. The Hall–Kier alpha value is -1.42. The summed E-state index contributed by atoms with van der Waals surface area (Å²) < 4.78 is 0. The molecule has 0 radical (unpaired) electrons. The molecule has 0 atom stereocenters. The Bertz CT molecular complexity index is 375. The third-order valence-corrected chi connectivity index (χ3v) is 2.45. The van der Waals surface area contributed by atoms with Gasteiger partial charge < -0.3 is 9.74 Å². The van der Waals surface area contributed by atoms with Crippen molar-refractivity contribution in [2.24, 2.45) is 5.16 Å². The molecule has 0 spiro atoms. The molecule has 0 N–H and O–H groups in total. The highest BCUT2D eigenvalue weighted by Crippen LogP contribution is 2.09. The van der Waals surface area contributed by atoms with E-state index in [-0.39, 0.29) is 0 Å². The summed E-state index contributed by atoms with van der Waals surface area (Å²) >= 11 is 5.13. The van der Waals surface area contributed by atoms with Crippen LogP contribution in [0.15, 0.2) is 35.5 Å². The normalized spacial score (nSPS) is 16.2. The van der Waals surface area contributed by atoms with Crippen LogP contribution in [0.5, 0.6) is 0 Å². The van der Waals surface area contributed by atoms with Gasteiger partial charge in [-0.3, -0.25) is 0 Å². The van der Waals surface area contributed by atoms with Crippen LogP contribution in [0.1, 0.15) is 5.56 Å². The molecule has 0 bridgehead atoms. The van der Waals surface area contributed by atoms with E-state index in [9.17, 15) is 0 Å². The average Bonchev–Trinajstić information content (AvgIpc) is 2.23. The molecule has 4 heteroatoms. The summed E-state index contributed by atoms with van der Waals surface area (Å²) in [5.74, 6) is 0.766. The lowest BCUT2D eigenvalue weighted by Gasteiger charge is -2.24. The van der Waals surface area contributed by atoms with E-state index in [2.05, 4.69) is 5.16 Å². The number of hydrogen-bond acceptors (Lipinski definition) is 3. The maximum Gasteiger partial charge on any atom is 0.180 e. The fraction of sp³-hybridized carbons (Fsp3) is 0.200. The molecule has 0 fully saturated rings. The third-order valence-electron chi connectivity index (χ3n) is 2.06. The fourth-order valence-corrected chi connectivity index (χ4v) is 1.40. The van der Waals surface area contributed by atoms with Crippen LogP contribution in [0.25, 0.3) is 0 Å². The maximum absolute atomic E-state index is 5.13. The fourth-order valence-electron chi connectivity index (χ4n) is 1.26. The first kappa shape index (κ1) is 9.15. The highest BCUT2D eigenvalue weighted by molar-refractivity contribution is 7.80. The van der Waals surface area contributed by atoms with Gasteiger partial charge in [0.05, 0.1) is 0 Å². The molecular weight excluding hydrogens is 196 g/mol. The molecule has 0 aromatic heterocycles. The molecule has 0 aliphatic carbocycles. The van der Waals surface area contributed by atoms with Gasteiger partial charge >= 0.3 is 0 Å². The Balaban J connectivity index is 2.35. The summed E-state index contributed by atoms with van der Waals surface area (Å²) in [5.41, 5.74) is 1.01. The maximum atomic E-state index is 5.13. The van der Waals surface area contributed by atoms with Crippen LogP contribution in [0, 0.1) is 0 Å². The van der Waals surface area contributed by atoms with Crippen molar-refractivity contribution < 1.29 is 4.84 Å². The number of oxime groups is 1. The molecule has 1 aromatic carbocycles. The van der Waals surface area contributed by atoms with Crippen molar-refractivity contribution in [3.8, 4) is 0 Å². The van der Waals surface area contributed by atoms with Crippen LogP contribution < -0.4 is 0 Å². The van der Waals surface area contributed by atoms with Gasteiger partial charge in [-0.25, -0.2) is 0 Å². The van der Waals surface area contributed by atoms with E-state index in [1.807, 2.05) is 42.3 Å². The molecule has 1 aromatic rings. The van der Waals surface area contributed by atoms with Crippen molar-refractivity contribution in [2.75, 3.05) is 13.7 Å². The van der Waals surface area contributed by atoms with E-state index >= 15 is 0 Å². The molecule has 2 rings (SSSR count). The van der Waals surface area contributed by atoms with E-state index in [1.54, 1.807) is 0 Å². The predicted octanol–water partition coefficient (Wildman–Crippen LogP) is 1.64. The highest BCUT2D eigenvalue weighted by Gasteiger charge is 2.18. The molecule has 0 amide bonds. The van der Waals surface area contributed by atoms with Gasteiger partial charge in [0.15, 0.2) is 12.4 Å². The Labute approximate surface area is 88.0 Å². The molecule has 1 aliphatic heterocycles. The van der Waals surface area contributed by atoms with Gasteiger partial charge in [-0.2, -0.15) is 0 Å². The molecule has 0 saturated heterocycles. The molecule has 3 nitrogen and oxygen atoms in total. The minimum Gasteiger partial charge on any atom is -0.387 e. The van der Waals surface area contributed by atoms with Crippen LogP contribution in [0.2, 0.25) is 0 Å². The van der Waals surface area contributed by atoms with Crippen molar-refractivity contribution in [3.05, 3.63) is 35.9 Å². The summed E-state index contributed by atoms with van der Waals surface area (Å²) in [5, 5.41) is 3.99. The largest absolute Gasteiger partial charge is 0.387 e. The minimum atomic E-state index is 0.391. The van der Waals surface area contributed by atoms with Crippen molar-refractivity contribution >= 4 is 23.0 Å². The van der Waals surface area contributed by atoms with E-state index in [0.29, 0.717) is 6.61 Å². The molecule has 1 aliphatic rings. The van der Waals surface area contributed by atoms with E-state index in [1.165, 1.54) is 0 Å². The number of hydrogen-bond donors (Lipinski definition) is 0. The van der Waals surface area contributed by atoms with Gasteiger partial charge in [-0.1, -0.05) is 47.7 Å². The van der Waals surface area contributed by atoms with Crippen LogP contribution in [0.4, 0.5) is 0 Å². The topological polar surface area (TPSA) is 24.8 Å². The molecular formula is C10H10N2OS. The van der Waals surface area contributed by atoms with Crippen molar-refractivity contribution in [2.45, 2.75) is 0 Å². The third kappa shape index (κ3) is 1.61. The number of thiocarbonyl (C=S) groups is 1. The quantitative estimate of drug-likeness (QED) is 0.653. The van der Waals surface area contributed by atoms with Crippen LogP contribution in [-0.2, 0) is 4.84 Å². The van der Waals surface area contributed by atoms with Crippen LogP contribution in [-0.4, -0.2) is 29.4 Å². The van der Waals surface area contributed by atoms with Crippen molar-refractivity contribution in [1.82, 2.24) is 4.90 Å². The second kappa shape index (κ2) is 3.75. The van der Waals surface area contributed by atoms with Crippen LogP contribution in [0.3, 0.4) is 0 Å². The Morgan fingerprint density at radius 1 is 1.36 bits per heavy atom. The predicted molar refractivity (Wildman–Crippen MR) is 59.3 cm³/mol. The van der Waals surface area contributed by atoms with Crippen molar-refractivity contribution in [3.63, 3.8) is 0 Å². The second-order valence-electron chi connectivity index (χ2n) is 3.01. The first-order valence-electron chi connectivity index (χ1n) is 4.31. The zero-order chi connectivity index (χ0) is 9.97. The van der Waals surface area contributed by atoms with E-state index in [4.69, 9.17) is 17.1 Å². The molecule has 1 heterocycles. The van der Waals surface area contributed by atoms with E-state index < -0.39 is 0 Å². The van der Waals surface area contributed by atoms with Gasteiger partial charge in [0, 0.05) is 12.6 Å². The van der Waals surface area contributed by atoms with Gasteiger partial charge in [0.2, 0.25) is 0 Å². The van der Waals surface area contributed by atoms with Crippen molar-refractivity contribution in [1.29, 1.82) is 0 Å². The lowest BCUT2D eigenvalue weighted by molar-refractivity contribution is 0.168. The summed E-state index contributed by atoms with van der Waals surface area (Å²) in [4.78, 5) is 7.64. The standard InChI is InChI=1S/C10H10N2OS/c1-12-9(14)7-13-11-10(12)8-5-3-2-4-6-8/h2-6H,7H2,1H3. The molecule has 0 saturated carbocycles. The number of nitrogens with zero attached hydrogens (tertiary/aromatic N) is 2. The van der Waals surface area contributed by atoms with Crippen LogP contribution >= 0.6 is 12.2 Å². The molecule has 14 heavy (non-hydrogen) atoms. The van der Waals surface area contributed by atoms with Gasteiger partial charge in [-0.05, 0) is 0 Å². The number of benzene rings is 1. The highest BCUT2D eigenvalue weighted by atomic mass is 32.1. The summed E-state index contributed by atoms with van der Waals surface area (Å²) in [6, 6.07) is 9.85. The minimum absolute atomic E-state index is 0.391. The Morgan fingerprint density at radius 2 is 2.07 bits per heavy atom. The van der Waals surface area contributed by atoms with Gasteiger partial charge in [-0.15, -0.1) is 0 Å². The zero-order valence-corrected chi connectivity index (χ0v) is 8.62. The Kier molecular flexibility index (Phi) is 2.45. The monoisotopic (exact) mass is 206 g/mol. The summed E-state index contributed by atoms with van der Waals surface area (Å²) in [7, 11) is 1.90. The number of rotatable bonds is 1. The van der Waals surface area contributed by atoms with Gasteiger partial charge in [0.25, 0.3) is 0 Å². The first-order chi connectivity index (χ1) is 6.79. The molecule has 0 unspecified atom stereocenters. The number of amidine groups is 1. The lowest BCUT2D eigenvalue weighted by Crippen LogP contribution is -2.38. The number of likely N-dealkylation sites (N-methyl/N-ethyl adjacent to an activating group) is 1. The SMILES string of the molecule is CN1C(=S)CON=C1c1ccccc1. The second-order valence-corrected chi connectivity index (χ2v) is 3.48. The summed E-state index contributed by atoms with van der Waals surface area (Å²) in [6.07, 6.45) is 0. The smallest absolute Gasteiger partial charge is 0.180 e. The summed E-state index contributed by atoms with van der Waals surface area (Å²) in [6.45, 7) is 0.391. The first-order valence-corrected chi connectivity index (χ1v) is 4.72. The van der Waals surface area contributed by atoms with Gasteiger partial charge in [0.1, 0.15) is 4.99 Å². The van der Waals surface area contributed by atoms with E-state index in [0.717, 1.165) is 16.4 Å². The average molecular weight is 206 g/mol. The molecule has 72 valence electrons. The lowest BCUT2D eigenvalue weighted by atomic mass is 10.2.